The van der Waals surface area contributed by atoms with E-state index in [9.17, 15) is 18.0 Å². The van der Waals surface area contributed by atoms with E-state index in [0.717, 1.165) is 11.8 Å². The summed E-state index contributed by atoms with van der Waals surface area (Å²) >= 11 is 0. The largest absolute Gasteiger partial charge is 0.454 e. The van der Waals surface area contributed by atoms with Crippen molar-refractivity contribution in [2.75, 3.05) is 29.6 Å². The molecule has 1 aliphatic rings. The number of hydrogen-bond donors (Lipinski definition) is 2. The van der Waals surface area contributed by atoms with E-state index in [2.05, 4.69) is 10.0 Å². The summed E-state index contributed by atoms with van der Waals surface area (Å²) in [5.74, 6) is 0.581. The Morgan fingerprint density at radius 2 is 1.83 bits per heavy atom. The zero-order valence-electron chi connectivity index (χ0n) is 16.9. The van der Waals surface area contributed by atoms with Gasteiger partial charge in [-0.2, -0.15) is 0 Å². The van der Waals surface area contributed by atoms with Crippen molar-refractivity contribution in [3.8, 4) is 11.5 Å². The lowest BCUT2D eigenvalue weighted by molar-refractivity contribution is -0.114. The summed E-state index contributed by atoms with van der Waals surface area (Å²) in [6, 6.07) is 9.87. The monoisotopic (exact) mass is 433 g/mol. The van der Waals surface area contributed by atoms with Gasteiger partial charge in [-0.1, -0.05) is 6.07 Å². The fourth-order valence-corrected chi connectivity index (χ4v) is 3.63. The summed E-state index contributed by atoms with van der Waals surface area (Å²) in [5.41, 5.74) is 1.50. The molecule has 0 saturated heterocycles. The molecule has 10 heteroatoms. The molecule has 160 valence electrons. The first-order valence-corrected chi connectivity index (χ1v) is 11.1. The lowest BCUT2D eigenvalue weighted by atomic mass is 10.1. The number of amides is 2. The van der Waals surface area contributed by atoms with Crippen LogP contribution in [0.1, 0.15) is 29.8 Å². The predicted molar refractivity (Wildman–Crippen MR) is 112 cm³/mol. The summed E-state index contributed by atoms with van der Waals surface area (Å²) in [7, 11) is -3.61. The minimum Gasteiger partial charge on any atom is -0.454 e. The molecule has 3 rings (SSSR count). The van der Waals surface area contributed by atoms with Crippen molar-refractivity contribution < 1.29 is 27.5 Å². The van der Waals surface area contributed by atoms with Crippen LogP contribution in [0.4, 0.5) is 11.4 Å². The van der Waals surface area contributed by atoms with Gasteiger partial charge >= 0.3 is 0 Å². The highest BCUT2D eigenvalue weighted by atomic mass is 32.2. The molecule has 0 saturated carbocycles. The van der Waals surface area contributed by atoms with Crippen LogP contribution >= 0.6 is 0 Å². The van der Waals surface area contributed by atoms with Gasteiger partial charge in [-0.3, -0.25) is 14.3 Å². The molecule has 30 heavy (non-hydrogen) atoms. The smallest absolute Gasteiger partial charge is 0.256 e. The molecule has 0 aromatic heterocycles. The third-order valence-electron chi connectivity index (χ3n) is 4.35. The fraction of sp³-hybridized carbons (Fsp3) is 0.300. The quantitative estimate of drug-likeness (QED) is 0.693. The number of rotatable bonds is 7. The van der Waals surface area contributed by atoms with Crippen LogP contribution in [0.25, 0.3) is 0 Å². The van der Waals surface area contributed by atoms with Gasteiger partial charge in [-0.05, 0) is 42.8 Å². The third-order valence-corrected chi connectivity index (χ3v) is 4.94. The minimum absolute atomic E-state index is 0.134. The summed E-state index contributed by atoms with van der Waals surface area (Å²) in [5, 5.41) is 2.61. The Morgan fingerprint density at radius 3 is 2.50 bits per heavy atom. The van der Waals surface area contributed by atoms with E-state index in [1.165, 1.54) is 25.1 Å². The van der Waals surface area contributed by atoms with Gasteiger partial charge < -0.3 is 19.7 Å². The Kier molecular flexibility index (Phi) is 6.16. The Labute approximate surface area is 175 Å². The van der Waals surface area contributed by atoms with Gasteiger partial charge in [-0.15, -0.1) is 0 Å². The maximum Gasteiger partial charge on any atom is 0.256 e. The van der Waals surface area contributed by atoms with E-state index < -0.39 is 10.0 Å². The van der Waals surface area contributed by atoms with Crippen molar-refractivity contribution in [1.29, 1.82) is 0 Å². The van der Waals surface area contributed by atoms with E-state index in [0.29, 0.717) is 23.7 Å². The number of benzene rings is 2. The van der Waals surface area contributed by atoms with E-state index in [1.807, 2.05) is 19.1 Å². The highest BCUT2D eigenvalue weighted by Gasteiger charge is 2.22. The molecule has 2 aromatic carbocycles. The molecule has 0 spiro atoms. The Balaban J connectivity index is 1.92. The number of hydrogen-bond acceptors (Lipinski definition) is 6. The first-order chi connectivity index (χ1) is 14.2. The van der Waals surface area contributed by atoms with Crippen LogP contribution in [0, 0.1) is 0 Å². The van der Waals surface area contributed by atoms with Gasteiger partial charge in [0.2, 0.25) is 22.7 Å². The van der Waals surface area contributed by atoms with Crippen molar-refractivity contribution in [2.45, 2.75) is 20.4 Å². The molecule has 0 radical (unpaired) electrons. The molecule has 2 amide bonds. The lowest BCUT2D eigenvalue weighted by Crippen LogP contribution is -2.31. The standard InChI is InChI=1S/C20H23N3O6S/c1-4-23(11-14-5-8-18-19(9-14)29-12-28-18)20(25)16-10-15(21-13(2)24)6-7-17(16)22-30(3,26)27/h5-10,22H,4,11-12H2,1-3H3,(H,21,24). The maximum atomic E-state index is 13.3. The lowest BCUT2D eigenvalue weighted by Gasteiger charge is -2.23. The van der Waals surface area contributed by atoms with Gasteiger partial charge in [0, 0.05) is 25.7 Å². The van der Waals surface area contributed by atoms with Crippen molar-refractivity contribution in [2.24, 2.45) is 0 Å². The van der Waals surface area contributed by atoms with Crippen molar-refractivity contribution in [3.63, 3.8) is 0 Å². The van der Waals surface area contributed by atoms with Crippen LogP contribution in [-0.2, 0) is 21.4 Å². The number of fused-ring (bicyclic) bond motifs is 1. The summed E-state index contributed by atoms with van der Waals surface area (Å²) < 4.78 is 36.5. The maximum absolute atomic E-state index is 13.3. The second-order valence-corrected chi connectivity index (χ2v) is 8.57. The molecule has 0 aliphatic carbocycles. The van der Waals surface area contributed by atoms with Gasteiger partial charge in [0.15, 0.2) is 11.5 Å². The molecule has 0 atom stereocenters. The van der Waals surface area contributed by atoms with Gasteiger partial charge in [0.05, 0.1) is 17.5 Å². The average molecular weight is 433 g/mol. The SMILES string of the molecule is CCN(Cc1ccc2c(c1)OCO2)C(=O)c1cc(NC(C)=O)ccc1NS(C)(=O)=O. The zero-order chi connectivity index (χ0) is 21.9. The first-order valence-electron chi connectivity index (χ1n) is 9.23. The first kappa shape index (κ1) is 21.4. The predicted octanol–water partition coefficient (Wildman–Crippen LogP) is 2.41. The molecule has 0 bridgehead atoms. The van der Waals surface area contributed by atoms with Crippen LogP contribution in [0.15, 0.2) is 36.4 Å². The van der Waals surface area contributed by atoms with Crippen LogP contribution in [0.2, 0.25) is 0 Å². The van der Waals surface area contributed by atoms with Gasteiger partial charge in [0.1, 0.15) is 0 Å². The van der Waals surface area contributed by atoms with E-state index in [4.69, 9.17) is 9.47 Å². The van der Waals surface area contributed by atoms with Crippen molar-refractivity contribution in [1.82, 2.24) is 4.90 Å². The van der Waals surface area contributed by atoms with Crippen LogP contribution in [0.5, 0.6) is 11.5 Å². The second-order valence-electron chi connectivity index (χ2n) is 6.82. The van der Waals surface area contributed by atoms with Gasteiger partial charge in [-0.25, -0.2) is 8.42 Å². The third kappa shape index (κ3) is 5.20. The Morgan fingerprint density at radius 1 is 1.10 bits per heavy atom. The molecule has 1 heterocycles. The summed E-state index contributed by atoms with van der Waals surface area (Å²) in [4.78, 5) is 26.2. The number of anilines is 2. The molecule has 1 aliphatic heterocycles. The number of carbonyl (C=O) groups is 2. The molecule has 2 N–H and O–H groups in total. The minimum atomic E-state index is -3.61. The Hall–Kier alpha value is -3.27. The molecular weight excluding hydrogens is 410 g/mol. The van der Waals surface area contributed by atoms with E-state index in [-0.39, 0.29) is 36.4 Å². The van der Waals surface area contributed by atoms with Gasteiger partial charge in [0.25, 0.3) is 5.91 Å². The van der Waals surface area contributed by atoms with Crippen molar-refractivity contribution >= 4 is 33.2 Å². The number of ether oxygens (including phenoxy) is 2. The van der Waals surface area contributed by atoms with Crippen LogP contribution < -0.4 is 19.5 Å². The number of nitrogens with zero attached hydrogens (tertiary/aromatic N) is 1. The second kappa shape index (κ2) is 8.62. The molecule has 0 fully saturated rings. The van der Waals surface area contributed by atoms with Crippen molar-refractivity contribution in [3.05, 3.63) is 47.5 Å². The summed E-state index contributed by atoms with van der Waals surface area (Å²) in [6.45, 7) is 4.00. The molecule has 9 nitrogen and oxygen atoms in total. The number of carbonyl (C=O) groups excluding carboxylic acids is 2. The topological polar surface area (TPSA) is 114 Å². The molecular formula is C20H23N3O6S. The van der Waals surface area contributed by atoms with Crippen LogP contribution in [-0.4, -0.2) is 44.7 Å². The molecule has 2 aromatic rings. The van der Waals surface area contributed by atoms with Crippen LogP contribution in [0.3, 0.4) is 0 Å². The fourth-order valence-electron chi connectivity index (χ4n) is 3.05. The molecule has 0 unspecified atom stereocenters. The zero-order valence-corrected chi connectivity index (χ0v) is 17.7. The average Bonchev–Trinajstić information content (AvgIpc) is 3.13. The number of nitrogens with one attached hydrogen (secondary N) is 2. The van der Waals surface area contributed by atoms with E-state index in [1.54, 1.807) is 11.0 Å². The Bertz CT molecular complexity index is 1080. The van der Waals surface area contributed by atoms with E-state index >= 15 is 0 Å². The normalized spacial score (nSPS) is 12.4. The highest BCUT2D eigenvalue weighted by molar-refractivity contribution is 7.92. The highest BCUT2D eigenvalue weighted by Crippen LogP contribution is 2.33. The summed E-state index contributed by atoms with van der Waals surface area (Å²) in [6.07, 6.45) is 1.01. The number of sulfonamides is 1.